The van der Waals surface area contributed by atoms with Crippen LogP contribution in [0.5, 0.6) is 11.5 Å². The Labute approximate surface area is 227 Å². The Balaban J connectivity index is 1.43. The van der Waals surface area contributed by atoms with Gasteiger partial charge < -0.3 is 34.1 Å². The largest absolute Gasteiger partial charge is 0.493 e. The number of rotatable bonds is 14. The number of hydrogen-bond donors (Lipinski definition) is 1. The molecule has 1 aliphatic carbocycles. The zero-order chi connectivity index (χ0) is 27.1. The molecule has 0 aromatic heterocycles. The first-order valence-electron chi connectivity index (χ1n) is 14.1. The molecule has 1 aromatic rings. The van der Waals surface area contributed by atoms with Gasteiger partial charge in [0, 0.05) is 70.6 Å². The van der Waals surface area contributed by atoms with Gasteiger partial charge in [-0.2, -0.15) is 0 Å². The lowest BCUT2D eigenvalue weighted by Gasteiger charge is -2.34. The number of nitrogens with zero attached hydrogens (tertiary/aromatic N) is 2. The Morgan fingerprint density at radius 2 is 1.82 bits per heavy atom. The van der Waals surface area contributed by atoms with Crippen molar-refractivity contribution in [1.82, 2.24) is 15.1 Å². The number of benzene rings is 1. The van der Waals surface area contributed by atoms with Gasteiger partial charge in [-0.3, -0.25) is 9.59 Å². The molecule has 38 heavy (non-hydrogen) atoms. The van der Waals surface area contributed by atoms with Gasteiger partial charge in [0.25, 0.3) is 5.91 Å². The highest BCUT2D eigenvalue weighted by Gasteiger charge is 2.41. The van der Waals surface area contributed by atoms with Crippen LogP contribution in [-0.4, -0.2) is 101 Å². The normalized spacial score (nSPS) is 23.0. The number of carbonyl (C=O) groups is 2. The Morgan fingerprint density at radius 1 is 1.05 bits per heavy atom. The number of hydrogen-bond acceptors (Lipinski definition) is 7. The molecule has 3 fully saturated rings. The molecule has 3 atom stereocenters. The molecular weight excluding hydrogens is 486 g/mol. The van der Waals surface area contributed by atoms with E-state index in [4.69, 9.17) is 18.9 Å². The van der Waals surface area contributed by atoms with Crippen molar-refractivity contribution in [3.05, 3.63) is 23.8 Å². The van der Waals surface area contributed by atoms with Gasteiger partial charge in [0.2, 0.25) is 5.91 Å². The fraction of sp³-hybridized carbons (Fsp3) is 0.724. The molecule has 2 saturated heterocycles. The second-order valence-electron chi connectivity index (χ2n) is 11.1. The van der Waals surface area contributed by atoms with Gasteiger partial charge in [-0.15, -0.1) is 0 Å². The summed E-state index contributed by atoms with van der Waals surface area (Å²) >= 11 is 0. The van der Waals surface area contributed by atoms with Gasteiger partial charge in [-0.05, 0) is 63.1 Å². The molecule has 0 spiro atoms. The molecule has 2 amide bonds. The fourth-order valence-corrected chi connectivity index (χ4v) is 5.49. The topological polar surface area (TPSA) is 89.6 Å². The quantitative estimate of drug-likeness (QED) is 0.369. The summed E-state index contributed by atoms with van der Waals surface area (Å²) in [6.07, 6.45) is 3.76. The average Bonchev–Trinajstić information content (AvgIpc) is 3.41. The molecule has 2 heterocycles. The van der Waals surface area contributed by atoms with Crippen LogP contribution in [0.1, 0.15) is 49.9 Å². The molecule has 4 rings (SSSR count). The third-order valence-corrected chi connectivity index (χ3v) is 7.94. The minimum absolute atomic E-state index is 0.00172. The summed E-state index contributed by atoms with van der Waals surface area (Å²) < 4.78 is 22.0. The summed E-state index contributed by atoms with van der Waals surface area (Å²) in [5.41, 5.74) is 0.583. The molecule has 1 unspecified atom stereocenters. The fourth-order valence-electron chi connectivity index (χ4n) is 5.49. The van der Waals surface area contributed by atoms with E-state index in [0.29, 0.717) is 62.0 Å². The molecule has 1 aromatic carbocycles. The van der Waals surface area contributed by atoms with Crippen molar-refractivity contribution in [2.24, 2.45) is 17.8 Å². The van der Waals surface area contributed by atoms with Gasteiger partial charge in [0.15, 0.2) is 11.5 Å². The molecule has 9 heteroatoms. The number of ether oxygens (including phenoxy) is 4. The molecule has 0 bridgehead atoms. The summed E-state index contributed by atoms with van der Waals surface area (Å²) in [6.45, 7) is 9.53. The number of amides is 2. The van der Waals surface area contributed by atoms with Crippen LogP contribution in [0.15, 0.2) is 18.2 Å². The second kappa shape index (κ2) is 13.6. The first-order valence-corrected chi connectivity index (χ1v) is 14.1. The third kappa shape index (κ3) is 7.18. The lowest BCUT2D eigenvalue weighted by Crippen LogP contribution is -2.46. The molecule has 1 saturated carbocycles. The lowest BCUT2D eigenvalue weighted by molar-refractivity contribution is -0.136. The first-order chi connectivity index (χ1) is 18.4. The molecular formula is C29H45N3O6. The van der Waals surface area contributed by atoms with Crippen molar-refractivity contribution < 1.29 is 28.5 Å². The van der Waals surface area contributed by atoms with Crippen molar-refractivity contribution in [2.75, 3.05) is 66.8 Å². The minimum Gasteiger partial charge on any atom is -0.493 e. The predicted molar refractivity (Wildman–Crippen MR) is 145 cm³/mol. The minimum atomic E-state index is -0.0201. The monoisotopic (exact) mass is 531 g/mol. The van der Waals surface area contributed by atoms with E-state index in [1.54, 1.807) is 32.4 Å². The lowest BCUT2D eigenvalue weighted by atomic mass is 9.93. The maximum Gasteiger partial charge on any atom is 0.254 e. The Morgan fingerprint density at radius 3 is 2.45 bits per heavy atom. The van der Waals surface area contributed by atoms with E-state index < -0.39 is 0 Å². The summed E-state index contributed by atoms with van der Waals surface area (Å²) in [5.74, 6) is 1.99. The highest BCUT2D eigenvalue weighted by Crippen LogP contribution is 2.33. The maximum atomic E-state index is 13.7. The van der Waals surface area contributed by atoms with Crippen LogP contribution in [0.25, 0.3) is 0 Å². The van der Waals surface area contributed by atoms with Crippen molar-refractivity contribution in [2.45, 2.75) is 51.6 Å². The average molecular weight is 532 g/mol. The molecule has 2 aliphatic heterocycles. The van der Waals surface area contributed by atoms with Crippen LogP contribution in [-0.2, 0) is 14.3 Å². The van der Waals surface area contributed by atoms with Crippen LogP contribution in [0.3, 0.4) is 0 Å². The summed E-state index contributed by atoms with van der Waals surface area (Å²) in [5, 5.41) is 3.53. The first kappa shape index (κ1) is 28.6. The second-order valence-corrected chi connectivity index (χ2v) is 11.1. The molecule has 9 nitrogen and oxygen atoms in total. The molecule has 1 N–H and O–H groups in total. The summed E-state index contributed by atoms with van der Waals surface area (Å²) in [6, 6.07) is 5.79. The van der Waals surface area contributed by atoms with Gasteiger partial charge in [0.1, 0.15) is 0 Å². The van der Waals surface area contributed by atoms with Gasteiger partial charge >= 0.3 is 0 Å². The van der Waals surface area contributed by atoms with Crippen LogP contribution in [0.4, 0.5) is 0 Å². The maximum absolute atomic E-state index is 13.7. The zero-order valence-electron chi connectivity index (χ0n) is 23.4. The SMILES string of the molecule is COCCCOc1cc(C(=O)N(C[C@H]2CNC[C@H]2CN(C(=O)C2CCOC2)C2CC2)C(C)C)ccc1OC. The van der Waals surface area contributed by atoms with Crippen molar-refractivity contribution in [1.29, 1.82) is 0 Å². The van der Waals surface area contributed by atoms with Crippen LogP contribution >= 0.6 is 0 Å². The Kier molecular flexibility index (Phi) is 10.3. The molecule has 212 valence electrons. The van der Waals surface area contributed by atoms with E-state index in [1.807, 2.05) is 4.90 Å². The zero-order valence-corrected chi connectivity index (χ0v) is 23.4. The third-order valence-electron chi connectivity index (χ3n) is 7.94. The highest BCUT2D eigenvalue weighted by molar-refractivity contribution is 5.95. The predicted octanol–water partition coefficient (Wildman–Crippen LogP) is 2.82. The highest BCUT2D eigenvalue weighted by atomic mass is 16.5. The van der Waals surface area contributed by atoms with Crippen molar-refractivity contribution in [3.8, 4) is 11.5 Å². The number of nitrogens with one attached hydrogen (secondary N) is 1. The van der Waals surface area contributed by atoms with Crippen LogP contribution < -0.4 is 14.8 Å². The van der Waals surface area contributed by atoms with E-state index in [2.05, 4.69) is 24.1 Å². The van der Waals surface area contributed by atoms with Crippen molar-refractivity contribution >= 4 is 11.8 Å². The van der Waals surface area contributed by atoms with E-state index in [0.717, 1.165) is 45.3 Å². The standard InChI is InChI=1S/C29H45N3O6/c1-20(2)31(28(33)21-6-9-26(36-4)27(14-21)38-12-5-11-35-3)17-23-15-30-16-24(23)18-32(25-7-8-25)29(34)22-10-13-37-19-22/h6,9,14,20,22-25,30H,5,7-8,10-13,15-19H2,1-4H3/t22?,23-,24+/m1/s1. The number of carbonyl (C=O) groups excluding carboxylic acids is 2. The van der Waals surface area contributed by atoms with E-state index in [-0.39, 0.29) is 29.7 Å². The summed E-state index contributed by atoms with van der Waals surface area (Å²) in [7, 11) is 3.26. The van der Waals surface area contributed by atoms with E-state index in [1.165, 1.54) is 0 Å². The molecule has 0 radical (unpaired) electrons. The van der Waals surface area contributed by atoms with Gasteiger partial charge in [0.05, 0.1) is 26.2 Å². The van der Waals surface area contributed by atoms with Gasteiger partial charge in [-0.25, -0.2) is 0 Å². The number of methoxy groups -OCH3 is 2. The Hall–Kier alpha value is -2.36. The van der Waals surface area contributed by atoms with E-state index >= 15 is 0 Å². The molecule has 3 aliphatic rings. The van der Waals surface area contributed by atoms with Crippen LogP contribution in [0.2, 0.25) is 0 Å². The van der Waals surface area contributed by atoms with Crippen molar-refractivity contribution in [3.63, 3.8) is 0 Å². The van der Waals surface area contributed by atoms with Crippen LogP contribution in [0, 0.1) is 17.8 Å². The Bertz CT molecular complexity index is 931. The summed E-state index contributed by atoms with van der Waals surface area (Å²) in [4.78, 5) is 31.1. The smallest absolute Gasteiger partial charge is 0.254 e. The van der Waals surface area contributed by atoms with Gasteiger partial charge in [-0.1, -0.05) is 0 Å². The van der Waals surface area contributed by atoms with E-state index in [9.17, 15) is 9.59 Å².